The van der Waals surface area contributed by atoms with Gasteiger partial charge in [-0.2, -0.15) is 13.2 Å². The molecule has 2 N–H and O–H groups in total. The standard InChI is InChI=1S/C16H22F3N3O/c1-2-20-11-12-6-8-22(9-7-12)15(23)21-14-5-3-4-13(10-14)16(17,18)19/h3-5,10,12,20H,2,6-9,11H2,1H3,(H,21,23). The molecule has 1 aliphatic heterocycles. The number of amides is 2. The van der Waals surface area contributed by atoms with Crippen LogP contribution >= 0.6 is 0 Å². The molecule has 0 spiro atoms. The Morgan fingerprint density at radius 2 is 2.00 bits per heavy atom. The van der Waals surface area contributed by atoms with Gasteiger partial charge in [0.05, 0.1) is 5.56 Å². The number of anilines is 1. The lowest BCUT2D eigenvalue weighted by molar-refractivity contribution is -0.137. The highest BCUT2D eigenvalue weighted by Crippen LogP contribution is 2.30. The van der Waals surface area contributed by atoms with Crippen molar-refractivity contribution in [1.29, 1.82) is 0 Å². The van der Waals surface area contributed by atoms with Gasteiger partial charge in [0.15, 0.2) is 0 Å². The van der Waals surface area contributed by atoms with Gasteiger partial charge in [-0.15, -0.1) is 0 Å². The second kappa shape index (κ2) is 7.68. The molecule has 0 aliphatic carbocycles. The zero-order chi connectivity index (χ0) is 16.9. The number of carbonyl (C=O) groups is 1. The Morgan fingerprint density at radius 3 is 2.61 bits per heavy atom. The Hall–Kier alpha value is -1.76. The molecular weight excluding hydrogens is 307 g/mol. The molecule has 0 atom stereocenters. The Labute approximate surface area is 134 Å². The number of urea groups is 1. The maximum Gasteiger partial charge on any atom is 0.416 e. The van der Waals surface area contributed by atoms with Crippen LogP contribution in [0.4, 0.5) is 23.7 Å². The monoisotopic (exact) mass is 329 g/mol. The van der Waals surface area contributed by atoms with Gasteiger partial charge < -0.3 is 15.5 Å². The van der Waals surface area contributed by atoms with Gasteiger partial charge >= 0.3 is 12.2 Å². The largest absolute Gasteiger partial charge is 0.416 e. The van der Waals surface area contributed by atoms with Gasteiger partial charge in [0, 0.05) is 18.8 Å². The predicted molar refractivity (Wildman–Crippen MR) is 83.3 cm³/mol. The summed E-state index contributed by atoms with van der Waals surface area (Å²) in [6, 6.07) is 4.36. The highest BCUT2D eigenvalue weighted by atomic mass is 19.4. The third-order valence-corrected chi connectivity index (χ3v) is 4.03. The van der Waals surface area contributed by atoms with Gasteiger partial charge in [-0.3, -0.25) is 0 Å². The summed E-state index contributed by atoms with van der Waals surface area (Å²) in [5.41, 5.74) is -0.598. The van der Waals surface area contributed by atoms with Crippen molar-refractivity contribution in [1.82, 2.24) is 10.2 Å². The quantitative estimate of drug-likeness (QED) is 0.887. The van der Waals surface area contributed by atoms with E-state index in [4.69, 9.17) is 0 Å². The Morgan fingerprint density at radius 1 is 1.30 bits per heavy atom. The Kier molecular flexibility index (Phi) is 5.87. The van der Waals surface area contributed by atoms with Crippen molar-refractivity contribution in [2.45, 2.75) is 25.9 Å². The van der Waals surface area contributed by atoms with Gasteiger partial charge in [0.2, 0.25) is 0 Å². The van der Waals surface area contributed by atoms with Crippen LogP contribution in [0.1, 0.15) is 25.3 Å². The molecule has 1 saturated heterocycles. The van der Waals surface area contributed by atoms with Crippen LogP contribution in [0, 0.1) is 5.92 Å². The van der Waals surface area contributed by atoms with Crippen molar-refractivity contribution >= 4 is 11.7 Å². The number of carbonyl (C=O) groups excluding carboxylic acids is 1. The summed E-state index contributed by atoms with van der Waals surface area (Å²) in [7, 11) is 0. The Bertz CT molecular complexity index is 526. The van der Waals surface area contributed by atoms with E-state index in [9.17, 15) is 18.0 Å². The van der Waals surface area contributed by atoms with Crippen molar-refractivity contribution in [3.05, 3.63) is 29.8 Å². The lowest BCUT2D eigenvalue weighted by atomic mass is 9.97. The van der Waals surface area contributed by atoms with E-state index in [1.807, 2.05) is 0 Å². The lowest BCUT2D eigenvalue weighted by Gasteiger charge is -2.32. The molecule has 1 heterocycles. The highest BCUT2D eigenvalue weighted by molar-refractivity contribution is 5.89. The normalized spacial score (nSPS) is 16.4. The summed E-state index contributed by atoms with van der Waals surface area (Å²) in [6.07, 6.45) is -2.60. The van der Waals surface area contributed by atoms with Crippen LogP contribution in [-0.2, 0) is 6.18 Å². The van der Waals surface area contributed by atoms with E-state index in [2.05, 4.69) is 17.6 Å². The number of rotatable bonds is 4. The molecule has 1 aliphatic rings. The van der Waals surface area contributed by atoms with Gasteiger partial charge in [-0.05, 0) is 50.0 Å². The molecule has 2 amide bonds. The number of halogens is 3. The van der Waals surface area contributed by atoms with Gasteiger partial charge in [0.1, 0.15) is 0 Å². The summed E-state index contributed by atoms with van der Waals surface area (Å²) in [4.78, 5) is 13.8. The molecule has 0 unspecified atom stereocenters. The molecular formula is C16H22F3N3O. The zero-order valence-corrected chi connectivity index (χ0v) is 13.1. The first-order valence-corrected chi connectivity index (χ1v) is 7.84. The number of nitrogens with one attached hydrogen (secondary N) is 2. The summed E-state index contributed by atoms with van der Waals surface area (Å²) >= 11 is 0. The van der Waals surface area contributed by atoms with E-state index in [0.29, 0.717) is 19.0 Å². The molecule has 1 aromatic rings. The number of hydrogen-bond donors (Lipinski definition) is 2. The predicted octanol–water partition coefficient (Wildman–Crippen LogP) is 3.56. The van der Waals surface area contributed by atoms with Crippen LogP contribution in [-0.4, -0.2) is 37.1 Å². The van der Waals surface area contributed by atoms with Crippen LogP contribution in [0.2, 0.25) is 0 Å². The molecule has 128 valence electrons. The summed E-state index contributed by atoms with van der Waals surface area (Å²) < 4.78 is 38.0. The van der Waals surface area contributed by atoms with Crippen LogP contribution < -0.4 is 10.6 Å². The molecule has 0 aromatic heterocycles. The number of piperidine rings is 1. The molecule has 2 rings (SSSR count). The van der Waals surface area contributed by atoms with Crippen molar-refractivity contribution in [3.63, 3.8) is 0 Å². The number of benzene rings is 1. The fourth-order valence-corrected chi connectivity index (χ4v) is 2.66. The van der Waals surface area contributed by atoms with E-state index in [0.717, 1.165) is 38.1 Å². The van der Waals surface area contributed by atoms with Crippen molar-refractivity contribution < 1.29 is 18.0 Å². The highest BCUT2D eigenvalue weighted by Gasteiger charge is 2.30. The number of likely N-dealkylation sites (tertiary alicyclic amines) is 1. The van der Waals surface area contributed by atoms with Crippen LogP contribution in [0.25, 0.3) is 0 Å². The second-order valence-electron chi connectivity index (χ2n) is 5.75. The third kappa shape index (κ3) is 5.13. The van der Waals surface area contributed by atoms with E-state index >= 15 is 0 Å². The van der Waals surface area contributed by atoms with E-state index in [-0.39, 0.29) is 11.7 Å². The minimum atomic E-state index is -4.41. The van der Waals surface area contributed by atoms with E-state index < -0.39 is 11.7 Å². The van der Waals surface area contributed by atoms with Gasteiger partial charge in [0.25, 0.3) is 0 Å². The number of alkyl halides is 3. The Balaban J connectivity index is 1.88. The van der Waals surface area contributed by atoms with Crippen LogP contribution in [0.3, 0.4) is 0 Å². The first kappa shape index (κ1) is 17.6. The molecule has 4 nitrogen and oxygen atoms in total. The minimum absolute atomic E-state index is 0.166. The second-order valence-corrected chi connectivity index (χ2v) is 5.75. The summed E-state index contributed by atoms with van der Waals surface area (Å²) in [6.45, 7) is 5.18. The maximum absolute atomic E-state index is 12.7. The van der Waals surface area contributed by atoms with Crippen molar-refractivity contribution in [3.8, 4) is 0 Å². The van der Waals surface area contributed by atoms with E-state index in [1.54, 1.807) is 4.90 Å². The van der Waals surface area contributed by atoms with Crippen LogP contribution in [0.5, 0.6) is 0 Å². The maximum atomic E-state index is 12.7. The third-order valence-electron chi connectivity index (χ3n) is 4.03. The molecule has 1 aromatic carbocycles. The lowest BCUT2D eigenvalue weighted by Crippen LogP contribution is -2.42. The molecule has 0 radical (unpaired) electrons. The zero-order valence-electron chi connectivity index (χ0n) is 13.1. The van der Waals surface area contributed by atoms with Crippen LogP contribution in [0.15, 0.2) is 24.3 Å². The fourth-order valence-electron chi connectivity index (χ4n) is 2.66. The fraction of sp³-hybridized carbons (Fsp3) is 0.562. The van der Waals surface area contributed by atoms with Crippen molar-refractivity contribution in [2.24, 2.45) is 5.92 Å². The molecule has 23 heavy (non-hydrogen) atoms. The van der Waals surface area contributed by atoms with Crippen molar-refractivity contribution in [2.75, 3.05) is 31.5 Å². The smallest absolute Gasteiger partial charge is 0.325 e. The van der Waals surface area contributed by atoms with Gasteiger partial charge in [-0.25, -0.2) is 4.79 Å². The molecule has 1 fully saturated rings. The first-order chi connectivity index (χ1) is 10.9. The topological polar surface area (TPSA) is 44.4 Å². The number of nitrogens with zero attached hydrogens (tertiary/aromatic N) is 1. The molecule has 0 saturated carbocycles. The molecule has 7 heteroatoms. The first-order valence-electron chi connectivity index (χ1n) is 7.84. The minimum Gasteiger partial charge on any atom is -0.325 e. The van der Waals surface area contributed by atoms with E-state index in [1.165, 1.54) is 12.1 Å². The summed E-state index contributed by atoms with van der Waals surface area (Å²) in [5.74, 6) is 0.549. The average Bonchev–Trinajstić information content (AvgIpc) is 2.53. The van der Waals surface area contributed by atoms with Gasteiger partial charge in [-0.1, -0.05) is 13.0 Å². The average molecular weight is 329 g/mol. The molecule has 0 bridgehead atoms. The number of hydrogen-bond acceptors (Lipinski definition) is 2. The SMILES string of the molecule is CCNCC1CCN(C(=O)Nc2cccc(C(F)(F)F)c2)CC1. The summed E-state index contributed by atoms with van der Waals surface area (Å²) in [5, 5.41) is 5.85.